The summed E-state index contributed by atoms with van der Waals surface area (Å²) in [5, 5.41) is 8.06. The molecule has 1 spiro atoms. The molecule has 2 aliphatic heterocycles. The first-order valence-electron chi connectivity index (χ1n) is 8.42. The Balaban J connectivity index is 1.44. The first-order chi connectivity index (χ1) is 11.7. The van der Waals surface area contributed by atoms with Crippen LogP contribution in [0.25, 0.3) is 0 Å². The van der Waals surface area contributed by atoms with Crippen molar-refractivity contribution in [2.75, 3.05) is 26.8 Å². The van der Waals surface area contributed by atoms with Crippen LogP contribution in [0.5, 0.6) is 5.75 Å². The number of aromatic amines is 1. The number of likely N-dealkylation sites (tertiary alicyclic amines) is 1. The molecule has 0 atom stereocenters. The summed E-state index contributed by atoms with van der Waals surface area (Å²) in [4.78, 5) is 2.46. The molecule has 0 radical (unpaired) electrons. The molecular weight excluding hydrogens is 326 g/mol. The van der Waals surface area contributed by atoms with Crippen LogP contribution >= 0.6 is 11.6 Å². The van der Waals surface area contributed by atoms with Gasteiger partial charge in [0.1, 0.15) is 11.4 Å². The molecule has 6 heteroatoms. The Kier molecular flexibility index (Phi) is 4.24. The number of nitrogens with one attached hydrogen (secondary N) is 1. The minimum atomic E-state index is -0.168. The van der Waals surface area contributed by atoms with Gasteiger partial charge in [0.2, 0.25) is 0 Å². The van der Waals surface area contributed by atoms with Crippen molar-refractivity contribution in [2.24, 2.45) is 0 Å². The first-order valence-corrected chi connectivity index (χ1v) is 8.79. The molecule has 0 aliphatic carbocycles. The van der Waals surface area contributed by atoms with Gasteiger partial charge in [0.05, 0.1) is 30.6 Å². The van der Waals surface area contributed by atoms with Crippen LogP contribution in [0.15, 0.2) is 24.4 Å². The second-order valence-corrected chi connectivity index (χ2v) is 7.02. The predicted molar refractivity (Wildman–Crippen MR) is 92.4 cm³/mol. The summed E-state index contributed by atoms with van der Waals surface area (Å²) < 4.78 is 11.5. The van der Waals surface area contributed by atoms with Crippen LogP contribution in [-0.4, -0.2) is 41.9 Å². The Morgan fingerprint density at radius 3 is 3.00 bits per heavy atom. The maximum atomic E-state index is 6.21. The molecule has 2 aromatic rings. The van der Waals surface area contributed by atoms with E-state index in [2.05, 4.69) is 21.2 Å². The zero-order valence-electron chi connectivity index (χ0n) is 13.8. The molecule has 128 valence electrons. The van der Waals surface area contributed by atoms with Gasteiger partial charge in [0, 0.05) is 19.6 Å². The third kappa shape index (κ3) is 2.81. The van der Waals surface area contributed by atoms with Gasteiger partial charge in [-0.25, -0.2) is 0 Å². The van der Waals surface area contributed by atoms with Gasteiger partial charge in [-0.3, -0.25) is 10.00 Å². The van der Waals surface area contributed by atoms with Crippen LogP contribution in [0.2, 0.25) is 5.02 Å². The lowest BCUT2D eigenvalue weighted by molar-refractivity contribution is -0.102. The van der Waals surface area contributed by atoms with E-state index in [9.17, 15) is 0 Å². The van der Waals surface area contributed by atoms with Crippen molar-refractivity contribution >= 4 is 11.6 Å². The average Bonchev–Trinajstić information content (AvgIpc) is 3.09. The molecule has 1 N–H and O–H groups in total. The summed E-state index contributed by atoms with van der Waals surface area (Å²) in [7, 11) is 1.65. The lowest BCUT2D eigenvalue weighted by atomic mass is 9.83. The third-order valence-corrected chi connectivity index (χ3v) is 5.52. The molecule has 3 heterocycles. The number of piperidine rings is 1. The molecule has 0 unspecified atom stereocenters. The number of ether oxygens (including phenoxy) is 2. The van der Waals surface area contributed by atoms with Gasteiger partial charge < -0.3 is 9.47 Å². The fraction of sp³-hybridized carbons (Fsp3) is 0.500. The fourth-order valence-corrected chi connectivity index (χ4v) is 4.05. The standard InChI is InChI=1S/C18H22ClN3O2/c1-23-16-10-13(2-3-15(16)19)12-22-7-5-18(6-8-22)17-14(4-9-24-18)11-20-21-17/h2-3,10-11H,4-9,12H2,1H3,(H,20,21). The lowest BCUT2D eigenvalue weighted by Crippen LogP contribution is -2.46. The van der Waals surface area contributed by atoms with Crippen LogP contribution in [0.1, 0.15) is 29.7 Å². The number of H-pyrrole nitrogens is 1. The van der Waals surface area contributed by atoms with E-state index in [1.54, 1.807) is 7.11 Å². The molecule has 1 fully saturated rings. The van der Waals surface area contributed by atoms with Crippen LogP contribution in [0.4, 0.5) is 0 Å². The summed E-state index contributed by atoms with van der Waals surface area (Å²) in [6.45, 7) is 3.70. The highest BCUT2D eigenvalue weighted by Crippen LogP contribution is 2.40. The SMILES string of the molecule is COc1cc(CN2CCC3(CC2)OCCc2cn[nH]c23)ccc1Cl. The molecule has 5 nitrogen and oxygen atoms in total. The lowest BCUT2D eigenvalue weighted by Gasteiger charge is -2.43. The second-order valence-electron chi connectivity index (χ2n) is 6.61. The van der Waals surface area contributed by atoms with E-state index in [-0.39, 0.29) is 5.60 Å². The summed E-state index contributed by atoms with van der Waals surface area (Å²) in [5.41, 5.74) is 3.57. The summed E-state index contributed by atoms with van der Waals surface area (Å²) in [5.74, 6) is 0.736. The number of hydrogen-bond acceptors (Lipinski definition) is 4. The van der Waals surface area contributed by atoms with E-state index in [4.69, 9.17) is 21.1 Å². The number of rotatable bonds is 3. The third-order valence-electron chi connectivity index (χ3n) is 5.21. The van der Waals surface area contributed by atoms with Gasteiger partial charge in [-0.05, 0) is 42.5 Å². The van der Waals surface area contributed by atoms with Gasteiger partial charge in [-0.15, -0.1) is 0 Å². The number of methoxy groups -OCH3 is 1. The molecule has 1 aromatic carbocycles. The normalized spacial score (nSPS) is 20.1. The van der Waals surface area contributed by atoms with Gasteiger partial charge in [0.15, 0.2) is 0 Å². The number of hydrogen-bond donors (Lipinski definition) is 1. The number of halogens is 1. The van der Waals surface area contributed by atoms with Crippen molar-refractivity contribution in [3.05, 3.63) is 46.2 Å². The smallest absolute Gasteiger partial charge is 0.137 e. The Morgan fingerprint density at radius 2 is 2.21 bits per heavy atom. The van der Waals surface area contributed by atoms with Gasteiger partial charge in [-0.2, -0.15) is 5.10 Å². The predicted octanol–water partition coefficient (Wildman–Crippen LogP) is 3.14. The number of benzene rings is 1. The summed E-state index contributed by atoms with van der Waals surface area (Å²) in [6.07, 6.45) is 4.90. The molecule has 0 amide bonds. The summed E-state index contributed by atoms with van der Waals surface area (Å²) >= 11 is 6.11. The Labute approximate surface area is 146 Å². The molecular formula is C18H22ClN3O2. The van der Waals surface area contributed by atoms with Gasteiger partial charge in [-0.1, -0.05) is 17.7 Å². The molecule has 1 aromatic heterocycles. The molecule has 24 heavy (non-hydrogen) atoms. The monoisotopic (exact) mass is 347 g/mol. The van der Waals surface area contributed by atoms with Crippen molar-refractivity contribution in [2.45, 2.75) is 31.4 Å². The van der Waals surface area contributed by atoms with E-state index in [1.807, 2.05) is 18.3 Å². The number of fused-ring (bicyclic) bond motifs is 2. The highest BCUT2D eigenvalue weighted by atomic mass is 35.5. The highest BCUT2D eigenvalue weighted by molar-refractivity contribution is 6.32. The molecule has 0 bridgehead atoms. The van der Waals surface area contributed by atoms with Crippen molar-refractivity contribution in [3.8, 4) is 5.75 Å². The molecule has 0 saturated carbocycles. The zero-order valence-corrected chi connectivity index (χ0v) is 14.6. The van der Waals surface area contributed by atoms with Crippen molar-refractivity contribution in [1.29, 1.82) is 0 Å². The average molecular weight is 348 g/mol. The van der Waals surface area contributed by atoms with Crippen LogP contribution < -0.4 is 4.74 Å². The van der Waals surface area contributed by atoms with E-state index >= 15 is 0 Å². The van der Waals surface area contributed by atoms with Crippen molar-refractivity contribution < 1.29 is 9.47 Å². The van der Waals surface area contributed by atoms with Crippen molar-refractivity contribution in [1.82, 2.24) is 15.1 Å². The number of aromatic nitrogens is 2. The largest absolute Gasteiger partial charge is 0.495 e. The van der Waals surface area contributed by atoms with E-state index in [1.165, 1.54) is 16.8 Å². The molecule has 1 saturated heterocycles. The molecule has 4 rings (SSSR count). The highest BCUT2D eigenvalue weighted by Gasteiger charge is 2.42. The van der Waals surface area contributed by atoms with E-state index in [0.717, 1.165) is 51.3 Å². The van der Waals surface area contributed by atoms with Crippen LogP contribution in [0.3, 0.4) is 0 Å². The van der Waals surface area contributed by atoms with Gasteiger partial charge in [0.25, 0.3) is 0 Å². The quantitative estimate of drug-likeness (QED) is 0.926. The second kappa shape index (κ2) is 6.39. The maximum absolute atomic E-state index is 6.21. The van der Waals surface area contributed by atoms with E-state index in [0.29, 0.717) is 5.02 Å². The first kappa shape index (κ1) is 15.9. The Bertz CT molecular complexity index is 723. The minimum Gasteiger partial charge on any atom is -0.495 e. The Morgan fingerprint density at radius 1 is 1.38 bits per heavy atom. The minimum absolute atomic E-state index is 0.168. The fourth-order valence-electron chi connectivity index (χ4n) is 3.85. The van der Waals surface area contributed by atoms with E-state index < -0.39 is 0 Å². The summed E-state index contributed by atoms with van der Waals surface area (Å²) in [6, 6.07) is 6.00. The zero-order chi connectivity index (χ0) is 16.6. The van der Waals surface area contributed by atoms with Crippen LogP contribution in [0, 0.1) is 0 Å². The van der Waals surface area contributed by atoms with Gasteiger partial charge >= 0.3 is 0 Å². The number of nitrogens with zero attached hydrogens (tertiary/aromatic N) is 2. The van der Waals surface area contributed by atoms with Crippen LogP contribution in [-0.2, 0) is 23.3 Å². The molecule has 2 aliphatic rings. The Hall–Kier alpha value is -1.56. The van der Waals surface area contributed by atoms with Crippen molar-refractivity contribution in [3.63, 3.8) is 0 Å². The maximum Gasteiger partial charge on any atom is 0.137 e. The topological polar surface area (TPSA) is 50.4 Å².